The molecule has 0 aliphatic carbocycles. The molecule has 2 aliphatic rings. The van der Waals surface area contributed by atoms with Gasteiger partial charge in [0.25, 0.3) is 10.0 Å². The molecule has 0 bridgehead atoms. The Kier molecular flexibility index (Phi) is 10.4. The Labute approximate surface area is 235 Å². The van der Waals surface area contributed by atoms with Crippen molar-refractivity contribution in [3.8, 4) is 0 Å². The maximum absolute atomic E-state index is 12.8. The molecule has 2 aliphatic heterocycles. The number of likely N-dealkylation sites (tertiary alicyclic amines) is 1. The molecule has 0 spiro atoms. The molecule has 1 atom stereocenters. The molecule has 0 radical (unpaired) electrons. The fraction of sp³-hybridized carbons (Fsp3) is 0.444. The smallest absolute Gasteiger partial charge is 0.478 e. The van der Waals surface area contributed by atoms with E-state index in [1.165, 1.54) is 50.1 Å². The lowest BCUT2D eigenvalue weighted by atomic mass is 9.96. The van der Waals surface area contributed by atoms with Crippen molar-refractivity contribution >= 4 is 39.1 Å². The van der Waals surface area contributed by atoms with Gasteiger partial charge in [0.2, 0.25) is 0 Å². The van der Waals surface area contributed by atoms with Crippen molar-refractivity contribution in [2.75, 3.05) is 42.3 Å². The van der Waals surface area contributed by atoms with Gasteiger partial charge in [-0.2, -0.15) is 13.2 Å². The molecule has 3 N–H and O–H groups in total. The van der Waals surface area contributed by atoms with Crippen LogP contribution in [0.3, 0.4) is 0 Å². The number of nitrogens with one attached hydrogen (secondary N) is 1. The van der Waals surface area contributed by atoms with Crippen LogP contribution in [0.15, 0.2) is 47.4 Å². The number of carbonyl (C=O) groups excluding carboxylic acids is 1. The van der Waals surface area contributed by atoms with E-state index in [-0.39, 0.29) is 21.9 Å². The molecule has 10 nitrogen and oxygen atoms in total. The lowest BCUT2D eigenvalue weighted by molar-refractivity contribution is -0.192. The van der Waals surface area contributed by atoms with Gasteiger partial charge in [0.1, 0.15) is 0 Å². The van der Waals surface area contributed by atoms with Crippen molar-refractivity contribution < 1.29 is 46.2 Å². The minimum atomic E-state index is -5.08. The number of alkyl halides is 3. The first kappa shape index (κ1) is 31.9. The number of halogens is 3. The molecule has 0 amide bonds. The average Bonchev–Trinajstić information content (AvgIpc) is 3.41. The third kappa shape index (κ3) is 8.92. The summed E-state index contributed by atoms with van der Waals surface area (Å²) < 4.78 is 59.8. The number of carboxylic acid groups (broad SMARTS) is 2. The SMILES string of the molecule is CC(=O)c1ccc(S(=O)(=O)Nc2ccc(N3CCCC(CN4CCCC4)C3)c(C(=O)O)c2)cc1.O=C(O)C(F)(F)F. The maximum atomic E-state index is 12.8. The number of Topliss-reactive ketones (excluding diaryl/α,β-unsaturated/α-hetero) is 1. The summed E-state index contributed by atoms with van der Waals surface area (Å²) in [4.78, 5) is 37.0. The van der Waals surface area contributed by atoms with Crippen LogP contribution in [0.5, 0.6) is 0 Å². The number of aromatic carboxylic acids is 1. The normalized spacial score (nSPS) is 17.9. The minimum Gasteiger partial charge on any atom is -0.478 e. The van der Waals surface area contributed by atoms with Gasteiger partial charge >= 0.3 is 18.1 Å². The predicted molar refractivity (Wildman–Crippen MR) is 145 cm³/mol. The van der Waals surface area contributed by atoms with Gasteiger partial charge in [-0.3, -0.25) is 9.52 Å². The van der Waals surface area contributed by atoms with Crippen LogP contribution in [-0.2, 0) is 14.8 Å². The molecule has 4 rings (SSSR count). The molecular formula is C27H32F3N3O7S. The summed E-state index contributed by atoms with van der Waals surface area (Å²) in [6, 6.07) is 10.3. The number of carboxylic acids is 2. The van der Waals surface area contributed by atoms with Crippen LogP contribution < -0.4 is 9.62 Å². The second-order valence-corrected chi connectivity index (χ2v) is 11.7. The summed E-state index contributed by atoms with van der Waals surface area (Å²) in [5.74, 6) is -3.51. The summed E-state index contributed by atoms with van der Waals surface area (Å²) in [5.41, 5.74) is 1.30. The summed E-state index contributed by atoms with van der Waals surface area (Å²) in [7, 11) is -3.93. The molecule has 224 valence electrons. The third-order valence-electron chi connectivity index (χ3n) is 6.87. The quantitative estimate of drug-likeness (QED) is 0.378. The van der Waals surface area contributed by atoms with Crippen LogP contribution in [0, 0.1) is 5.92 Å². The fourth-order valence-electron chi connectivity index (χ4n) is 4.89. The molecule has 0 aromatic heterocycles. The molecule has 14 heteroatoms. The number of piperidine rings is 1. The van der Waals surface area contributed by atoms with Crippen molar-refractivity contribution in [1.29, 1.82) is 0 Å². The minimum absolute atomic E-state index is 0.000707. The van der Waals surface area contributed by atoms with E-state index in [9.17, 15) is 36.3 Å². The van der Waals surface area contributed by atoms with E-state index in [2.05, 4.69) is 14.5 Å². The van der Waals surface area contributed by atoms with Gasteiger partial charge in [-0.1, -0.05) is 12.1 Å². The van der Waals surface area contributed by atoms with Gasteiger partial charge in [0, 0.05) is 30.9 Å². The number of ketones is 1. The highest BCUT2D eigenvalue weighted by molar-refractivity contribution is 7.92. The molecule has 0 saturated carbocycles. The first-order valence-corrected chi connectivity index (χ1v) is 14.4. The zero-order chi connectivity index (χ0) is 30.4. The number of hydrogen-bond donors (Lipinski definition) is 3. The second-order valence-electron chi connectivity index (χ2n) is 9.99. The van der Waals surface area contributed by atoms with E-state index >= 15 is 0 Å². The Morgan fingerprint density at radius 3 is 2.12 bits per heavy atom. The van der Waals surface area contributed by atoms with E-state index in [1.807, 2.05) is 0 Å². The monoisotopic (exact) mass is 599 g/mol. The van der Waals surface area contributed by atoms with Crippen molar-refractivity contribution in [3.05, 3.63) is 53.6 Å². The number of anilines is 2. The number of sulfonamides is 1. The Balaban J connectivity index is 0.000000587. The Hall–Kier alpha value is -3.65. The number of aliphatic carboxylic acids is 1. The lowest BCUT2D eigenvalue weighted by Crippen LogP contribution is -2.41. The highest BCUT2D eigenvalue weighted by atomic mass is 32.2. The standard InChI is InChI=1S/C25H31N3O5S.C2HF3O2/c1-18(29)20-6-9-22(10-7-20)34(32,33)26-21-8-11-24(23(15-21)25(30)31)28-14-4-5-19(17-28)16-27-12-2-3-13-27;3-2(4,5)1(6)7/h6-11,15,19,26H,2-5,12-14,16-17H2,1H3,(H,30,31);(H,6,7). The molecular weight excluding hydrogens is 567 g/mol. The first-order chi connectivity index (χ1) is 19.2. The van der Waals surface area contributed by atoms with Crippen LogP contribution in [-0.4, -0.2) is 80.2 Å². The van der Waals surface area contributed by atoms with Gasteiger partial charge in [0.05, 0.1) is 16.1 Å². The van der Waals surface area contributed by atoms with Crippen molar-refractivity contribution in [3.63, 3.8) is 0 Å². The zero-order valence-corrected chi connectivity index (χ0v) is 23.2. The average molecular weight is 600 g/mol. The molecule has 41 heavy (non-hydrogen) atoms. The zero-order valence-electron chi connectivity index (χ0n) is 22.4. The van der Waals surface area contributed by atoms with Crippen molar-refractivity contribution in [2.45, 2.75) is 43.7 Å². The van der Waals surface area contributed by atoms with Crippen LogP contribution >= 0.6 is 0 Å². The van der Waals surface area contributed by atoms with E-state index in [0.29, 0.717) is 17.2 Å². The maximum Gasteiger partial charge on any atom is 0.490 e. The Morgan fingerprint density at radius 2 is 1.59 bits per heavy atom. The summed E-state index contributed by atoms with van der Waals surface area (Å²) in [5, 5.41) is 17.0. The summed E-state index contributed by atoms with van der Waals surface area (Å²) in [6.45, 7) is 6.31. The van der Waals surface area contributed by atoms with Crippen LogP contribution in [0.1, 0.15) is 53.3 Å². The molecule has 2 heterocycles. The van der Waals surface area contributed by atoms with Gasteiger partial charge < -0.3 is 20.0 Å². The van der Waals surface area contributed by atoms with Crippen LogP contribution in [0.2, 0.25) is 0 Å². The lowest BCUT2D eigenvalue weighted by Gasteiger charge is -2.36. The summed E-state index contributed by atoms with van der Waals surface area (Å²) in [6.07, 6.45) is -0.451. The van der Waals surface area contributed by atoms with Crippen LogP contribution in [0.25, 0.3) is 0 Å². The number of nitrogens with zero attached hydrogens (tertiary/aromatic N) is 2. The van der Waals surface area contributed by atoms with Gasteiger partial charge in [-0.05, 0) is 81.9 Å². The third-order valence-corrected chi connectivity index (χ3v) is 8.26. The number of hydrogen-bond acceptors (Lipinski definition) is 7. The fourth-order valence-corrected chi connectivity index (χ4v) is 5.94. The summed E-state index contributed by atoms with van der Waals surface area (Å²) >= 11 is 0. The molecule has 2 fully saturated rings. The van der Waals surface area contributed by atoms with E-state index in [4.69, 9.17) is 9.90 Å². The number of carbonyl (C=O) groups is 3. The number of benzene rings is 2. The molecule has 1 unspecified atom stereocenters. The number of rotatable bonds is 8. The van der Waals surface area contributed by atoms with Crippen molar-refractivity contribution in [1.82, 2.24) is 4.90 Å². The largest absolute Gasteiger partial charge is 0.490 e. The van der Waals surface area contributed by atoms with Crippen molar-refractivity contribution in [2.24, 2.45) is 5.92 Å². The molecule has 2 aromatic carbocycles. The van der Waals surface area contributed by atoms with Gasteiger partial charge in [0.15, 0.2) is 5.78 Å². The first-order valence-electron chi connectivity index (χ1n) is 13.0. The van der Waals surface area contributed by atoms with E-state index in [0.717, 1.165) is 45.6 Å². The topological polar surface area (TPSA) is 144 Å². The second kappa shape index (κ2) is 13.3. The van der Waals surface area contributed by atoms with E-state index in [1.54, 1.807) is 12.1 Å². The van der Waals surface area contributed by atoms with Gasteiger partial charge in [-0.15, -0.1) is 0 Å². The highest BCUT2D eigenvalue weighted by Crippen LogP contribution is 2.30. The molecule has 2 saturated heterocycles. The molecule has 2 aromatic rings. The van der Waals surface area contributed by atoms with Gasteiger partial charge in [-0.25, -0.2) is 18.0 Å². The predicted octanol–water partition coefficient (Wildman–Crippen LogP) is 4.33. The van der Waals surface area contributed by atoms with Crippen LogP contribution in [0.4, 0.5) is 24.5 Å². The Bertz CT molecular complexity index is 1360. The highest BCUT2D eigenvalue weighted by Gasteiger charge is 2.38. The van der Waals surface area contributed by atoms with E-state index < -0.39 is 28.1 Å². The Morgan fingerprint density at radius 1 is 0.976 bits per heavy atom.